The van der Waals surface area contributed by atoms with Crippen molar-refractivity contribution in [3.8, 4) is 17.1 Å². The van der Waals surface area contributed by atoms with Crippen LogP contribution in [0.4, 0.5) is 10.1 Å². The molecule has 0 atom stereocenters. The van der Waals surface area contributed by atoms with Gasteiger partial charge in [-0.1, -0.05) is 36.3 Å². The average molecular weight is 343 g/mol. The van der Waals surface area contributed by atoms with E-state index in [1.54, 1.807) is 0 Å². The summed E-state index contributed by atoms with van der Waals surface area (Å²) in [7, 11) is 0. The molecule has 0 bridgehead atoms. The minimum absolute atomic E-state index is 0.127. The zero-order valence-corrected chi connectivity index (χ0v) is 13.3. The number of rotatable bonds is 6. The third kappa shape index (κ3) is 3.79. The molecule has 0 spiro atoms. The molecule has 2 aromatic carbocycles. The second kappa shape index (κ2) is 7.08. The first-order valence-corrected chi connectivity index (χ1v) is 7.55. The number of nitrogens with zero attached hydrogens (tertiary/aromatic N) is 3. The molecule has 0 unspecified atom stereocenters. The van der Waals surface area contributed by atoms with Crippen LogP contribution in [0.3, 0.4) is 0 Å². The Bertz CT molecular complexity index is 893. The summed E-state index contributed by atoms with van der Waals surface area (Å²) in [5.74, 6) is -0.375. The van der Waals surface area contributed by atoms with Crippen molar-refractivity contribution >= 4 is 5.69 Å². The zero-order valence-electron chi connectivity index (χ0n) is 13.3. The Morgan fingerprint density at radius 2 is 2.00 bits per heavy atom. The molecule has 1 aromatic heterocycles. The van der Waals surface area contributed by atoms with E-state index in [1.807, 2.05) is 24.3 Å². The Morgan fingerprint density at radius 3 is 2.64 bits per heavy atom. The average Bonchev–Trinajstić information content (AvgIpc) is 3.09. The first-order chi connectivity index (χ1) is 12.1. The standard InChI is InChI=1S/C17H14FN3O4/c1-2-11-3-5-12(6-4-11)17-19-16(25-20-17)10-24-15-8-7-13(21(22)23)9-14(15)18/h3-9H,2,10H2,1H3. The van der Waals surface area contributed by atoms with Crippen LogP contribution in [-0.4, -0.2) is 15.1 Å². The van der Waals surface area contributed by atoms with Crippen molar-refractivity contribution in [2.75, 3.05) is 0 Å². The lowest BCUT2D eigenvalue weighted by Crippen LogP contribution is -1.98. The first-order valence-electron chi connectivity index (χ1n) is 7.55. The fraction of sp³-hybridized carbons (Fsp3) is 0.176. The lowest BCUT2D eigenvalue weighted by Gasteiger charge is -2.03. The molecule has 0 aliphatic heterocycles. The zero-order chi connectivity index (χ0) is 17.8. The van der Waals surface area contributed by atoms with Gasteiger partial charge in [-0.3, -0.25) is 10.1 Å². The van der Waals surface area contributed by atoms with Gasteiger partial charge in [0.25, 0.3) is 11.6 Å². The van der Waals surface area contributed by atoms with Gasteiger partial charge in [-0.15, -0.1) is 0 Å². The van der Waals surface area contributed by atoms with Gasteiger partial charge < -0.3 is 9.26 Å². The van der Waals surface area contributed by atoms with Gasteiger partial charge in [0.1, 0.15) is 0 Å². The molecule has 128 valence electrons. The van der Waals surface area contributed by atoms with E-state index in [0.29, 0.717) is 5.82 Å². The fourth-order valence-corrected chi connectivity index (χ4v) is 2.18. The van der Waals surface area contributed by atoms with Crippen LogP contribution < -0.4 is 4.74 Å². The van der Waals surface area contributed by atoms with Gasteiger partial charge in [-0.25, -0.2) is 4.39 Å². The molecule has 0 N–H and O–H groups in total. The van der Waals surface area contributed by atoms with Gasteiger partial charge in [-0.05, 0) is 18.1 Å². The normalized spacial score (nSPS) is 10.6. The molecule has 3 rings (SSSR count). The van der Waals surface area contributed by atoms with E-state index in [9.17, 15) is 14.5 Å². The number of nitro benzene ring substituents is 1. The largest absolute Gasteiger partial charge is 0.481 e. The molecular formula is C17H14FN3O4. The maximum absolute atomic E-state index is 13.8. The van der Waals surface area contributed by atoms with Crippen LogP contribution in [0.15, 0.2) is 47.0 Å². The van der Waals surface area contributed by atoms with Gasteiger partial charge in [0.2, 0.25) is 5.82 Å². The summed E-state index contributed by atoms with van der Waals surface area (Å²) < 4.78 is 24.1. The molecule has 0 saturated heterocycles. The van der Waals surface area contributed by atoms with Crippen LogP contribution in [-0.2, 0) is 13.0 Å². The molecule has 8 heteroatoms. The monoisotopic (exact) mass is 343 g/mol. The van der Waals surface area contributed by atoms with Gasteiger partial charge in [0, 0.05) is 11.6 Å². The summed E-state index contributed by atoms with van der Waals surface area (Å²) >= 11 is 0. The molecule has 1 heterocycles. The van der Waals surface area contributed by atoms with Crippen LogP contribution in [0.1, 0.15) is 18.4 Å². The summed E-state index contributed by atoms with van der Waals surface area (Å²) in [4.78, 5) is 14.1. The number of non-ortho nitro benzene ring substituents is 1. The highest BCUT2D eigenvalue weighted by molar-refractivity contribution is 5.54. The van der Waals surface area contributed by atoms with Crippen molar-refractivity contribution in [3.63, 3.8) is 0 Å². The van der Waals surface area contributed by atoms with Crippen LogP contribution in [0.2, 0.25) is 0 Å². The predicted molar refractivity (Wildman–Crippen MR) is 86.5 cm³/mol. The number of benzene rings is 2. The number of hydrogen-bond donors (Lipinski definition) is 0. The number of nitro groups is 1. The van der Waals surface area contributed by atoms with Gasteiger partial charge in [0.05, 0.1) is 11.0 Å². The van der Waals surface area contributed by atoms with E-state index in [4.69, 9.17) is 9.26 Å². The smallest absolute Gasteiger partial charge is 0.272 e. The minimum atomic E-state index is -0.830. The predicted octanol–water partition coefficient (Wildman–Crippen LogP) is 3.93. The molecule has 3 aromatic rings. The van der Waals surface area contributed by atoms with Crippen molar-refractivity contribution in [1.82, 2.24) is 10.1 Å². The second-order valence-electron chi connectivity index (χ2n) is 5.22. The Balaban J connectivity index is 1.68. The molecule has 0 aliphatic rings. The Hall–Kier alpha value is -3.29. The third-order valence-electron chi connectivity index (χ3n) is 3.57. The molecule has 0 aliphatic carbocycles. The summed E-state index contributed by atoms with van der Waals surface area (Å²) in [6.07, 6.45) is 0.937. The Kier molecular flexibility index (Phi) is 4.69. The van der Waals surface area contributed by atoms with Gasteiger partial charge in [0.15, 0.2) is 18.2 Å². The van der Waals surface area contributed by atoms with Crippen molar-refractivity contribution in [2.45, 2.75) is 20.0 Å². The first kappa shape index (κ1) is 16.6. The number of aromatic nitrogens is 2. The van der Waals surface area contributed by atoms with Crippen LogP contribution in [0.25, 0.3) is 11.4 Å². The number of halogens is 1. The number of aryl methyl sites for hydroxylation is 1. The maximum Gasteiger partial charge on any atom is 0.272 e. The summed E-state index contributed by atoms with van der Waals surface area (Å²) in [5, 5.41) is 14.5. The topological polar surface area (TPSA) is 91.3 Å². The maximum atomic E-state index is 13.8. The van der Waals surface area contributed by atoms with E-state index in [-0.39, 0.29) is 23.9 Å². The van der Waals surface area contributed by atoms with E-state index < -0.39 is 10.7 Å². The van der Waals surface area contributed by atoms with E-state index in [2.05, 4.69) is 17.1 Å². The SMILES string of the molecule is CCc1ccc(-c2noc(COc3ccc([N+](=O)[O-])cc3F)n2)cc1. The summed E-state index contributed by atoms with van der Waals surface area (Å²) in [5.41, 5.74) is 1.65. The minimum Gasteiger partial charge on any atom is -0.481 e. The van der Waals surface area contributed by atoms with Crippen LogP contribution >= 0.6 is 0 Å². The van der Waals surface area contributed by atoms with Crippen LogP contribution in [0, 0.1) is 15.9 Å². The molecule has 0 amide bonds. The molecular weight excluding hydrogens is 329 g/mol. The molecule has 0 fully saturated rings. The molecule has 7 nitrogen and oxygen atoms in total. The third-order valence-corrected chi connectivity index (χ3v) is 3.57. The van der Waals surface area contributed by atoms with E-state index >= 15 is 0 Å². The van der Waals surface area contributed by atoms with Crippen molar-refractivity contribution in [1.29, 1.82) is 0 Å². The van der Waals surface area contributed by atoms with Crippen molar-refractivity contribution in [2.24, 2.45) is 0 Å². The van der Waals surface area contributed by atoms with Crippen molar-refractivity contribution < 1.29 is 18.6 Å². The molecule has 0 saturated carbocycles. The quantitative estimate of drug-likeness (QED) is 0.497. The van der Waals surface area contributed by atoms with Crippen molar-refractivity contribution in [3.05, 3.63) is 69.9 Å². The molecule has 0 radical (unpaired) electrons. The lowest BCUT2D eigenvalue weighted by atomic mass is 10.1. The summed E-state index contributed by atoms with van der Waals surface area (Å²) in [6, 6.07) is 10.9. The fourth-order valence-electron chi connectivity index (χ4n) is 2.18. The Morgan fingerprint density at radius 1 is 1.24 bits per heavy atom. The van der Waals surface area contributed by atoms with E-state index in [0.717, 1.165) is 24.1 Å². The lowest BCUT2D eigenvalue weighted by molar-refractivity contribution is -0.385. The molecule has 25 heavy (non-hydrogen) atoms. The van der Waals surface area contributed by atoms with Gasteiger partial charge in [-0.2, -0.15) is 4.98 Å². The van der Waals surface area contributed by atoms with E-state index in [1.165, 1.54) is 11.6 Å². The number of ether oxygens (including phenoxy) is 1. The highest BCUT2D eigenvalue weighted by Crippen LogP contribution is 2.23. The highest BCUT2D eigenvalue weighted by atomic mass is 19.1. The number of hydrogen-bond acceptors (Lipinski definition) is 6. The Labute approximate surface area is 142 Å². The summed E-state index contributed by atoms with van der Waals surface area (Å²) in [6.45, 7) is 1.92. The second-order valence-corrected chi connectivity index (χ2v) is 5.22. The van der Waals surface area contributed by atoms with Gasteiger partial charge >= 0.3 is 0 Å². The van der Waals surface area contributed by atoms with Crippen LogP contribution in [0.5, 0.6) is 5.75 Å². The highest BCUT2D eigenvalue weighted by Gasteiger charge is 2.14.